The molecule has 0 heterocycles. The minimum absolute atomic E-state index is 0. The van der Waals surface area contributed by atoms with E-state index in [0.717, 1.165) is 5.69 Å². The highest BCUT2D eigenvalue weighted by molar-refractivity contribution is 5.85. The molecule has 2 N–H and O–H groups in total. The number of unbranched alkanes of at least 4 members (excludes halogenated alkanes) is 7. The van der Waals surface area contributed by atoms with E-state index in [1.807, 2.05) is 12.1 Å². The zero-order valence-electron chi connectivity index (χ0n) is 11.7. The van der Waals surface area contributed by atoms with Gasteiger partial charge in [-0.15, -0.1) is 12.4 Å². The van der Waals surface area contributed by atoms with Gasteiger partial charge in [0.05, 0.1) is 0 Å². The van der Waals surface area contributed by atoms with Crippen molar-refractivity contribution >= 4 is 18.1 Å². The molecule has 0 unspecified atom stereocenters. The van der Waals surface area contributed by atoms with Crippen LogP contribution in [0.3, 0.4) is 0 Å². The van der Waals surface area contributed by atoms with Crippen molar-refractivity contribution in [1.82, 2.24) is 0 Å². The van der Waals surface area contributed by atoms with Crippen molar-refractivity contribution in [2.45, 2.75) is 64.7 Å². The Kier molecular flexibility index (Phi) is 11.0. The Balaban J connectivity index is 0.00000289. The lowest BCUT2D eigenvalue weighted by Crippen LogP contribution is -1.88. The Morgan fingerprint density at radius 1 is 0.778 bits per heavy atom. The summed E-state index contributed by atoms with van der Waals surface area (Å²) < 4.78 is 0. The fourth-order valence-corrected chi connectivity index (χ4v) is 2.15. The van der Waals surface area contributed by atoms with E-state index >= 15 is 0 Å². The average Bonchev–Trinajstić information content (AvgIpc) is 2.35. The Morgan fingerprint density at radius 2 is 1.28 bits per heavy atom. The third-order valence-corrected chi connectivity index (χ3v) is 3.30. The molecule has 0 radical (unpaired) electrons. The van der Waals surface area contributed by atoms with Crippen LogP contribution in [-0.4, -0.2) is 0 Å². The molecule has 0 aliphatic heterocycles. The standard InChI is InChI=1S/C16H27N.ClH/c1-2-3-4-5-6-7-8-9-10-15-11-13-16(17)14-12-15;/h11-14H,2-10,17H2,1H3;1H. The van der Waals surface area contributed by atoms with E-state index < -0.39 is 0 Å². The number of halogens is 1. The van der Waals surface area contributed by atoms with E-state index in [-0.39, 0.29) is 12.4 Å². The van der Waals surface area contributed by atoms with Crippen LogP contribution in [0.1, 0.15) is 63.9 Å². The minimum Gasteiger partial charge on any atom is -0.399 e. The van der Waals surface area contributed by atoms with Crippen molar-refractivity contribution in [2.75, 3.05) is 5.73 Å². The number of benzene rings is 1. The van der Waals surface area contributed by atoms with E-state index in [1.165, 1.54) is 63.4 Å². The number of hydrogen-bond acceptors (Lipinski definition) is 1. The largest absolute Gasteiger partial charge is 0.399 e. The lowest BCUT2D eigenvalue weighted by Gasteiger charge is -2.03. The first-order valence-corrected chi connectivity index (χ1v) is 7.17. The lowest BCUT2D eigenvalue weighted by atomic mass is 10.0. The molecule has 0 atom stereocenters. The summed E-state index contributed by atoms with van der Waals surface area (Å²) in [6, 6.07) is 8.30. The third kappa shape index (κ3) is 8.41. The van der Waals surface area contributed by atoms with Gasteiger partial charge >= 0.3 is 0 Å². The summed E-state index contributed by atoms with van der Waals surface area (Å²) >= 11 is 0. The van der Waals surface area contributed by atoms with Gasteiger partial charge in [-0.3, -0.25) is 0 Å². The summed E-state index contributed by atoms with van der Waals surface area (Å²) in [5.74, 6) is 0. The number of nitrogens with two attached hydrogens (primary N) is 1. The fraction of sp³-hybridized carbons (Fsp3) is 0.625. The van der Waals surface area contributed by atoms with E-state index in [4.69, 9.17) is 5.73 Å². The molecule has 104 valence electrons. The average molecular weight is 270 g/mol. The van der Waals surface area contributed by atoms with Crippen molar-refractivity contribution in [1.29, 1.82) is 0 Å². The van der Waals surface area contributed by atoms with Crippen molar-refractivity contribution in [2.24, 2.45) is 0 Å². The monoisotopic (exact) mass is 269 g/mol. The number of aryl methyl sites for hydroxylation is 1. The van der Waals surface area contributed by atoms with Crippen molar-refractivity contribution < 1.29 is 0 Å². The normalized spacial score (nSPS) is 10.1. The molecular weight excluding hydrogens is 242 g/mol. The van der Waals surface area contributed by atoms with Gasteiger partial charge in [-0.1, -0.05) is 64.0 Å². The highest BCUT2D eigenvalue weighted by Gasteiger charge is 1.94. The molecule has 1 nitrogen and oxygen atoms in total. The first kappa shape index (κ1) is 17.3. The molecule has 0 aromatic heterocycles. The molecule has 2 heteroatoms. The topological polar surface area (TPSA) is 26.0 Å². The maximum Gasteiger partial charge on any atom is 0.0314 e. The highest BCUT2D eigenvalue weighted by Crippen LogP contribution is 2.12. The molecule has 0 aliphatic rings. The smallest absolute Gasteiger partial charge is 0.0314 e. The summed E-state index contributed by atoms with van der Waals surface area (Å²) in [6.45, 7) is 2.27. The Hall–Kier alpha value is -0.690. The van der Waals surface area contributed by atoms with Crippen LogP contribution in [0, 0.1) is 0 Å². The zero-order valence-corrected chi connectivity index (χ0v) is 12.5. The second kappa shape index (κ2) is 11.4. The van der Waals surface area contributed by atoms with Crippen LogP contribution >= 0.6 is 12.4 Å². The highest BCUT2D eigenvalue weighted by atomic mass is 35.5. The van der Waals surface area contributed by atoms with Crippen LogP contribution in [0.5, 0.6) is 0 Å². The fourth-order valence-electron chi connectivity index (χ4n) is 2.15. The molecular formula is C16H28ClN. The van der Waals surface area contributed by atoms with Crippen LogP contribution in [0.25, 0.3) is 0 Å². The van der Waals surface area contributed by atoms with Crippen molar-refractivity contribution in [3.05, 3.63) is 29.8 Å². The first-order valence-electron chi connectivity index (χ1n) is 7.17. The molecule has 18 heavy (non-hydrogen) atoms. The van der Waals surface area contributed by atoms with Gasteiger partial charge in [-0.25, -0.2) is 0 Å². The van der Waals surface area contributed by atoms with Gasteiger partial charge in [0.1, 0.15) is 0 Å². The summed E-state index contributed by atoms with van der Waals surface area (Å²) in [7, 11) is 0. The van der Waals surface area contributed by atoms with E-state index in [1.54, 1.807) is 0 Å². The van der Waals surface area contributed by atoms with Crippen molar-refractivity contribution in [3.63, 3.8) is 0 Å². The summed E-state index contributed by atoms with van der Waals surface area (Å²) in [6.07, 6.45) is 12.3. The van der Waals surface area contributed by atoms with Crippen LogP contribution in [0.2, 0.25) is 0 Å². The van der Waals surface area contributed by atoms with Gasteiger partial charge in [0, 0.05) is 5.69 Å². The predicted molar refractivity (Wildman–Crippen MR) is 84.4 cm³/mol. The molecule has 0 saturated heterocycles. The number of nitrogen functional groups attached to an aromatic ring is 1. The second-order valence-corrected chi connectivity index (χ2v) is 4.97. The van der Waals surface area contributed by atoms with Crippen LogP contribution in [-0.2, 0) is 6.42 Å². The van der Waals surface area contributed by atoms with Crippen LogP contribution < -0.4 is 5.73 Å². The molecule has 0 saturated carbocycles. The predicted octanol–water partition coefficient (Wildman–Crippen LogP) is 5.37. The second-order valence-electron chi connectivity index (χ2n) is 4.97. The maximum absolute atomic E-state index is 5.66. The van der Waals surface area contributed by atoms with Crippen LogP contribution in [0.4, 0.5) is 5.69 Å². The molecule has 0 aliphatic carbocycles. The third-order valence-electron chi connectivity index (χ3n) is 3.30. The zero-order chi connectivity index (χ0) is 12.3. The lowest BCUT2D eigenvalue weighted by molar-refractivity contribution is 0.575. The number of anilines is 1. The Morgan fingerprint density at radius 3 is 1.83 bits per heavy atom. The van der Waals surface area contributed by atoms with Gasteiger partial charge in [0.25, 0.3) is 0 Å². The number of hydrogen-bond donors (Lipinski definition) is 1. The minimum atomic E-state index is 0. The van der Waals surface area contributed by atoms with E-state index in [9.17, 15) is 0 Å². The van der Waals surface area contributed by atoms with Gasteiger partial charge < -0.3 is 5.73 Å². The van der Waals surface area contributed by atoms with Gasteiger partial charge in [-0.2, -0.15) is 0 Å². The van der Waals surface area contributed by atoms with E-state index in [0.29, 0.717) is 0 Å². The van der Waals surface area contributed by atoms with Gasteiger partial charge in [0.15, 0.2) is 0 Å². The summed E-state index contributed by atoms with van der Waals surface area (Å²) in [5, 5.41) is 0. The van der Waals surface area contributed by atoms with Gasteiger partial charge in [0.2, 0.25) is 0 Å². The maximum atomic E-state index is 5.66. The Bertz CT molecular complexity index is 282. The number of rotatable bonds is 9. The molecule has 0 spiro atoms. The van der Waals surface area contributed by atoms with Crippen molar-refractivity contribution in [3.8, 4) is 0 Å². The molecule has 1 aromatic carbocycles. The molecule has 1 aromatic rings. The summed E-state index contributed by atoms with van der Waals surface area (Å²) in [4.78, 5) is 0. The molecule has 0 bridgehead atoms. The molecule has 0 fully saturated rings. The van der Waals surface area contributed by atoms with E-state index in [2.05, 4.69) is 19.1 Å². The van der Waals surface area contributed by atoms with Crippen LogP contribution in [0.15, 0.2) is 24.3 Å². The Labute approximate surface area is 119 Å². The first-order chi connectivity index (χ1) is 8.33. The quantitative estimate of drug-likeness (QED) is 0.473. The molecule has 0 amide bonds. The molecule has 1 rings (SSSR count). The SMILES string of the molecule is CCCCCCCCCCc1ccc(N)cc1.Cl. The van der Waals surface area contributed by atoms with Gasteiger partial charge in [-0.05, 0) is 30.5 Å². The summed E-state index contributed by atoms with van der Waals surface area (Å²) in [5.41, 5.74) is 7.95.